The van der Waals surface area contributed by atoms with Gasteiger partial charge in [0.1, 0.15) is 18.1 Å². The van der Waals surface area contributed by atoms with E-state index in [4.69, 9.17) is 13.9 Å². The molecule has 3 rings (SSSR count). The second-order valence-electron chi connectivity index (χ2n) is 7.17. The first kappa shape index (κ1) is 22.0. The molecule has 1 heterocycles. The molecule has 0 spiro atoms. The second kappa shape index (κ2) is 10.9. The van der Waals surface area contributed by atoms with Crippen molar-refractivity contribution < 1.29 is 23.5 Å². The lowest BCUT2D eigenvalue weighted by atomic mass is 10.0. The standard InChI is InChI=1S/C24H26N2O5/c1-17(2)18-8-10-20(11-9-18)29-14-12-25-23(27)16-31-21-6-3-5-19(15-21)26-24(28)22-7-4-13-30-22/h3-11,13,15,17H,12,14,16H2,1-2H3,(H,25,27)(H,26,28). The van der Waals surface area contributed by atoms with Crippen LogP contribution < -0.4 is 20.1 Å². The first-order chi connectivity index (χ1) is 15.0. The molecule has 7 heteroatoms. The number of benzene rings is 2. The fourth-order valence-electron chi connectivity index (χ4n) is 2.77. The predicted molar refractivity (Wildman–Crippen MR) is 118 cm³/mol. The Kier molecular flexibility index (Phi) is 7.70. The zero-order chi connectivity index (χ0) is 22.1. The van der Waals surface area contributed by atoms with E-state index < -0.39 is 0 Å². The van der Waals surface area contributed by atoms with Gasteiger partial charge in [-0.25, -0.2) is 0 Å². The Morgan fingerprint density at radius 3 is 2.48 bits per heavy atom. The molecule has 0 saturated carbocycles. The summed E-state index contributed by atoms with van der Waals surface area (Å²) in [5.41, 5.74) is 1.79. The summed E-state index contributed by atoms with van der Waals surface area (Å²) in [5, 5.41) is 5.46. The third-order valence-electron chi connectivity index (χ3n) is 4.45. The van der Waals surface area contributed by atoms with Crippen molar-refractivity contribution in [1.29, 1.82) is 0 Å². The number of furan rings is 1. The van der Waals surface area contributed by atoms with Crippen molar-refractivity contribution >= 4 is 17.5 Å². The van der Waals surface area contributed by atoms with Gasteiger partial charge in [-0.1, -0.05) is 32.0 Å². The molecule has 162 valence electrons. The fourth-order valence-corrected chi connectivity index (χ4v) is 2.77. The summed E-state index contributed by atoms with van der Waals surface area (Å²) in [4.78, 5) is 24.0. The fraction of sp³-hybridized carbons (Fsp3) is 0.250. The van der Waals surface area contributed by atoms with Gasteiger partial charge in [0.25, 0.3) is 11.8 Å². The van der Waals surface area contributed by atoms with Gasteiger partial charge in [-0.05, 0) is 47.9 Å². The number of nitrogens with one attached hydrogen (secondary N) is 2. The molecule has 0 bridgehead atoms. The van der Waals surface area contributed by atoms with E-state index in [0.29, 0.717) is 30.5 Å². The lowest BCUT2D eigenvalue weighted by Crippen LogP contribution is -2.32. The molecule has 2 aromatic carbocycles. The van der Waals surface area contributed by atoms with Crippen LogP contribution in [0, 0.1) is 0 Å². The van der Waals surface area contributed by atoms with Gasteiger partial charge in [-0.15, -0.1) is 0 Å². The number of rotatable bonds is 10. The Morgan fingerprint density at radius 1 is 0.968 bits per heavy atom. The maximum atomic E-state index is 12.0. The minimum Gasteiger partial charge on any atom is -0.492 e. The van der Waals surface area contributed by atoms with Crippen molar-refractivity contribution in [3.05, 3.63) is 78.3 Å². The maximum Gasteiger partial charge on any atom is 0.291 e. The van der Waals surface area contributed by atoms with Gasteiger partial charge >= 0.3 is 0 Å². The average molecular weight is 422 g/mol. The van der Waals surface area contributed by atoms with E-state index in [0.717, 1.165) is 5.75 Å². The summed E-state index contributed by atoms with van der Waals surface area (Å²) in [7, 11) is 0. The largest absolute Gasteiger partial charge is 0.492 e. The third kappa shape index (κ3) is 6.92. The number of amides is 2. The molecule has 0 aliphatic rings. The second-order valence-corrected chi connectivity index (χ2v) is 7.17. The molecule has 0 unspecified atom stereocenters. The maximum absolute atomic E-state index is 12.0. The van der Waals surface area contributed by atoms with Crippen LogP contribution >= 0.6 is 0 Å². The van der Waals surface area contributed by atoms with Crippen molar-refractivity contribution in [3.8, 4) is 11.5 Å². The highest BCUT2D eigenvalue weighted by molar-refractivity contribution is 6.02. The van der Waals surface area contributed by atoms with E-state index in [9.17, 15) is 9.59 Å². The van der Waals surface area contributed by atoms with E-state index in [1.165, 1.54) is 11.8 Å². The van der Waals surface area contributed by atoms with Gasteiger partial charge < -0.3 is 24.5 Å². The SMILES string of the molecule is CC(C)c1ccc(OCCNC(=O)COc2cccc(NC(=O)c3ccco3)c2)cc1. The van der Waals surface area contributed by atoms with Crippen LogP contribution in [0.25, 0.3) is 0 Å². The molecule has 0 saturated heterocycles. The monoisotopic (exact) mass is 422 g/mol. The molecular formula is C24H26N2O5. The van der Waals surface area contributed by atoms with Crippen LogP contribution in [0.1, 0.15) is 35.9 Å². The first-order valence-electron chi connectivity index (χ1n) is 10.1. The lowest BCUT2D eigenvalue weighted by Gasteiger charge is -2.11. The third-order valence-corrected chi connectivity index (χ3v) is 4.45. The number of hydrogen-bond donors (Lipinski definition) is 2. The van der Waals surface area contributed by atoms with Gasteiger partial charge in [-0.3, -0.25) is 9.59 Å². The molecule has 0 aliphatic carbocycles. The molecular weight excluding hydrogens is 396 g/mol. The van der Waals surface area contributed by atoms with Gasteiger partial charge in [0, 0.05) is 11.8 Å². The van der Waals surface area contributed by atoms with Crippen molar-refractivity contribution in [1.82, 2.24) is 5.32 Å². The molecule has 2 amide bonds. The quantitative estimate of drug-likeness (QED) is 0.477. The van der Waals surface area contributed by atoms with Gasteiger partial charge in [-0.2, -0.15) is 0 Å². The molecule has 31 heavy (non-hydrogen) atoms. The summed E-state index contributed by atoms with van der Waals surface area (Å²) in [6, 6.07) is 17.9. The Hall–Kier alpha value is -3.74. The normalized spacial score (nSPS) is 10.5. The Labute approximate surface area is 181 Å². The number of anilines is 1. The highest BCUT2D eigenvalue weighted by Crippen LogP contribution is 2.19. The minimum atomic E-state index is -0.362. The minimum absolute atomic E-state index is 0.140. The molecule has 1 aromatic heterocycles. The summed E-state index contributed by atoms with van der Waals surface area (Å²) < 4.78 is 16.2. The first-order valence-corrected chi connectivity index (χ1v) is 10.1. The average Bonchev–Trinajstić information content (AvgIpc) is 3.31. The van der Waals surface area contributed by atoms with Crippen LogP contribution in [0.2, 0.25) is 0 Å². The van der Waals surface area contributed by atoms with E-state index in [1.807, 2.05) is 24.3 Å². The van der Waals surface area contributed by atoms with Crippen LogP contribution in [0.5, 0.6) is 11.5 Å². The Bertz CT molecular complexity index is 981. The van der Waals surface area contributed by atoms with E-state index in [-0.39, 0.29) is 24.2 Å². The van der Waals surface area contributed by atoms with Crippen LogP contribution in [-0.2, 0) is 4.79 Å². The summed E-state index contributed by atoms with van der Waals surface area (Å²) in [6.07, 6.45) is 1.43. The van der Waals surface area contributed by atoms with Crippen molar-refractivity contribution in [2.75, 3.05) is 25.1 Å². The van der Waals surface area contributed by atoms with Crippen LogP contribution in [0.4, 0.5) is 5.69 Å². The Morgan fingerprint density at radius 2 is 1.77 bits per heavy atom. The molecule has 0 aliphatic heterocycles. The summed E-state index contributed by atoms with van der Waals surface area (Å²) >= 11 is 0. The van der Waals surface area contributed by atoms with Gasteiger partial charge in [0.05, 0.1) is 12.8 Å². The molecule has 7 nitrogen and oxygen atoms in total. The van der Waals surface area contributed by atoms with Crippen molar-refractivity contribution in [2.24, 2.45) is 0 Å². The Balaban J connectivity index is 1.37. The van der Waals surface area contributed by atoms with Crippen molar-refractivity contribution in [2.45, 2.75) is 19.8 Å². The van der Waals surface area contributed by atoms with Gasteiger partial charge in [0.2, 0.25) is 0 Å². The van der Waals surface area contributed by atoms with E-state index in [2.05, 4.69) is 24.5 Å². The molecule has 0 atom stereocenters. The van der Waals surface area contributed by atoms with E-state index in [1.54, 1.807) is 36.4 Å². The highest BCUT2D eigenvalue weighted by Gasteiger charge is 2.09. The van der Waals surface area contributed by atoms with Crippen LogP contribution in [0.3, 0.4) is 0 Å². The molecule has 3 aromatic rings. The molecule has 2 N–H and O–H groups in total. The summed E-state index contributed by atoms with van der Waals surface area (Å²) in [6.45, 7) is 4.87. The number of carbonyl (C=O) groups excluding carboxylic acids is 2. The highest BCUT2D eigenvalue weighted by atomic mass is 16.5. The predicted octanol–water partition coefficient (Wildman–Crippen LogP) is 4.23. The van der Waals surface area contributed by atoms with Crippen LogP contribution in [-0.4, -0.2) is 31.6 Å². The smallest absolute Gasteiger partial charge is 0.291 e. The number of carbonyl (C=O) groups is 2. The topological polar surface area (TPSA) is 89.8 Å². The zero-order valence-corrected chi connectivity index (χ0v) is 17.6. The molecule has 0 radical (unpaired) electrons. The van der Waals surface area contributed by atoms with Crippen molar-refractivity contribution in [3.63, 3.8) is 0 Å². The van der Waals surface area contributed by atoms with Crippen LogP contribution in [0.15, 0.2) is 71.3 Å². The van der Waals surface area contributed by atoms with Gasteiger partial charge in [0.15, 0.2) is 12.4 Å². The summed E-state index contributed by atoms with van der Waals surface area (Å²) in [5.74, 6) is 1.30. The molecule has 0 fully saturated rings. The number of hydrogen-bond acceptors (Lipinski definition) is 5. The lowest BCUT2D eigenvalue weighted by molar-refractivity contribution is -0.123. The zero-order valence-electron chi connectivity index (χ0n) is 17.6. The number of ether oxygens (including phenoxy) is 2. The van der Waals surface area contributed by atoms with E-state index >= 15 is 0 Å².